The van der Waals surface area contributed by atoms with Crippen molar-refractivity contribution in [1.29, 1.82) is 0 Å². The number of sulfonamides is 1. The number of carbonyl (C=O) groups excluding carboxylic acids is 1. The van der Waals surface area contributed by atoms with E-state index in [4.69, 9.17) is 16.1 Å². The highest BCUT2D eigenvalue weighted by Gasteiger charge is 2.29. The summed E-state index contributed by atoms with van der Waals surface area (Å²) in [7, 11) is -3.81. The minimum atomic E-state index is -3.81. The fourth-order valence-corrected chi connectivity index (χ4v) is 5.29. The monoisotopic (exact) mass is 492 g/mol. The Bertz CT molecular complexity index is 1250. The lowest BCUT2D eigenvalue weighted by atomic mass is 9.97. The topological polar surface area (TPSA) is 105 Å². The van der Waals surface area contributed by atoms with Crippen molar-refractivity contribution in [3.05, 3.63) is 65.3 Å². The highest BCUT2D eigenvalue weighted by molar-refractivity contribution is 7.89. The molecule has 2 aromatic carbocycles. The Morgan fingerprint density at radius 1 is 1.24 bits per heavy atom. The van der Waals surface area contributed by atoms with Gasteiger partial charge in [0, 0.05) is 31.6 Å². The summed E-state index contributed by atoms with van der Waals surface area (Å²) in [5, 5.41) is 4.06. The summed E-state index contributed by atoms with van der Waals surface area (Å²) in [5.41, 5.74) is 0.513. The molecule has 1 atom stereocenters. The average Bonchev–Trinajstić information content (AvgIpc) is 3.30. The molecule has 0 bridgehead atoms. The van der Waals surface area contributed by atoms with E-state index in [1.807, 2.05) is 0 Å². The normalized spacial score (nSPS) is 16.7. The van der Waals surface area contributed by atoms with Gasteiger partial charge in [-0.05, 0) is 37.1 Å². The van der Waals surface area contributed by atoms with Crippen LogP contribution in [0.4, 0.5) is 4.39 Å². The molecular formula is C22H22ClFN4O4S. The lowest BCUT2D eigenvalue weighted by Gasteiger charge is -2.31. The molecule has 1 unspecified atom stereocenters. The number of halogens is 2. The summed E-state index contributed by atoms with van der Waals surface area (Å²) in [4.78, 5) is 18.7. The summed E-state index contributed by atoms with van der Waals surface area (Å²) < 4.78 is 46.1. The number of amides is 1. The van der Waals surface area contributed by atoms with Crippen LogP contribution in [0.15, 0.2) is 57.9 Å². The first-order valence-corrected chi connectivity index (χ1v) is 12.3. The highest BCUT2D eigenvalue weighted by atomic mass is 35.5. The Balaban J connectivity index is 1.34. The van der Waals surface area contributed by atoms with E-state index in [1.165, 1.54) is 24.3 Å². The maximum absolute atomic E-state index is 13.5. The molecule has 1 saturated heterocycles. The zero-order valence-electron chi connectivity index (χ0n) is 17.6. The second-order valence-electron chi connectivity index (χ2n) is 7.72. The molecule has 11 heteroatoms. The van der Waals surface area contributed by atoms with E-state index < -0.39 is 15.8 Å². The summed E-state index contributed by atoms with van der Waals surface area (Å²) in [5.74, 6) is -0.0182. The van der Waals surface area contributed by atoms with E-state index in [0.717, 1.165) is 12.8 Å². The van der Waals surface area contributed by atoms with Gasteiger partial charge in [-0.1, -0.05) is 41.0 Å². The molecule has 1 aromatic heterocycles. The number of carbonyl (C=O) groups is 1. The summed E-state index contributed by atoms with van der Waals surface area (Å²) in [6.45, 7) is 0.913. The summed E-state index contributed by atoms with van der Waals surface area (Å²) in [6.07, 6.45) is 1.53. The second-order valence-corrected chi connectivity index (χ2v) is 9.87. The van der Waals surface area contributed by atoms with Crippen LogP contribution in [0, 0.1) is 5.82 Å². The van der Waals surface area contributed by atoms with Crippen LogP contribution in [-0.2, 0) is 14.8 Å². The Kier molecular flexibility index (Phi) is 7.06. The molecule has 0 radical (unpaired) electrons. The zero-order valence-corrected chi connectivity index (χ0v) is 19.2. The number of rotatable bonds is 7. The third kappa shape index (κ3) is 5.58. The van der Waals surface area contributed by atoms with Crippen molar-refractivity contribution in [2.45, 2.75) is 30.1 Å². The lowest BCUT2D eigenvalue weighted by Crippen LogP contribution is -2.40. The predicted octanol–water partition coefficient (Wildman–Crippen LogP) is 3.60. The van der Waals surface area contributed by atoms with Crippen molar-refractivity contribution in [3.8, 4) is 11.4 Å². The Labute approximate surface area is 195 Å². The van der Waals surface area contributed by atoms with Crippen LogP contribution < -0.4 is 4.72 Å². The Morgan fingerprint density at radius 2 is 2.06 bits per heavy atom. The molecule has 2 heterocycles. The van der Waals surface area contributed by atoms with E-state index in [1.54, 1.807) is 29.2 Å². The van der Waals surface area contributed by atoms with Crippen LogP contribution in [-0.4, -0.2) is 49.0 Å². The van der Waals surface area contributed by atoms with E-state index >= 15 is 0 Å². The molecule has 1 fully saturated rings. The Morgan fingerprint density at radius 3 is 2.85 bits per heavy atom. The SMILES string of the molecule is O=C(CCNS(=O)(=O)c1ccccc1Cl)N1CCCC(c2nc(-c3cccc(F)c3)no2)C1. The van der Waals surface area contributed by atoms with Gasteiger partial charge >= 0.3 is 0 Å². The molecule has 4 rings (SSSR count). The molecule has 33 heavy (non-hydrogen) atoms. The number of nitrogens with one attached hydrogen (secondary N) is 1. The quantitative estimate of drug-likeness (QED) is 0.540. The number of nitrogens with zero attached hydrogens (tertiary/aromatic N) is 3. The smallest absolute Gasteiger partial charge is 0.242 e. The number of aromatic nitrogens is 2. The van der Waals surface area contributed by atoms with Gasteiger partial charge in [-0.3, -0.25) is 4.79 Å². The van der Waals surface area contributed by atoms with Crippen molar-refractivity contribution < 1.29 is 22.1 Å². The second kappa shape index (κ2) is 9.98. The van der Waals surface area contributed by atoms with Gasteiger partial charge in [0.15, 0.2) is 0 Å². The van der Waals surface area contributed by atoms with Crippen LogP contribution in [0.5, 0.6) is 0 Å². The maximum Gasteiger partial charge on any atom is 0.242 e. The first-order valence-electron chi connectivity index (χ1n) is 10.4. The standard InChI is InChI=1S/C22H22ClFN4O4S/c23-18-8-1-2-9-19(18)33(30,31)25-11-10-20(29)28-12-4-6-16(14-28)22-26-21(27-32-22)15-5-3-7-17(24)13-15/h1-3,5,7-9,13,16,25H,4,6,10-12,14H2. The van der Waals surface area contributed by atoms with Crippen molar-refractivity contribution in [1.82, 2.24) is 19.8 Å². The molecular weight excluding hydrogens is 471 g/mol. The number of benzene rings is 2. The molecule has 1 aliphatic heterocycles. The first-order chi connectivity index (χ1) is 15.8. The fourth-order valence-electron chi connectivity index (χ4n) is 3.74. The fraction of sp³-hybridized carbons (Fsp3) is 0.318. The lowest BCUT2D eigenvalue weighted by molar-refractivity contribution is -0.132. The minimum absolute atomic E-state index is 0.00871. The van der Waals surface area contributed by atoms with Gasteiger partial charge in [0.1, 0.15) is 10.7 Å². The molecule has 3 aromatic rings. The van der Waals surface area contributed by atoms with Gasteiger partial charge < -0.3 is 9.42 Å². The molecule has 1 aliphatic rings. The van der Waals surface area contributed by atoms with Crippen molar-refractivity contribution in [2.24, 2.45) is 0 Å². The van der Waals surface area contributed by atoms with Gasteiger partial charge in [0.25, 0.3) is 0 Å². The first kappa shape index (κ1) is 23.3. The Hall–Kier alpha value is -2.82. The third-order valence-electron chi connectivity index (χ3n) is 5.41. The van der Waals surface area contributed by atoms with E-state index in [-0.39, 0.29) is 34.7 Å². The predicted molar refractivity (Wildman–Crippen MR) is 120 cm³/mol. The molecule has 174 valence electrons. The number of piperidine rings is 1. The molecule has 8 nitrogen and oxygen atoms in total. The van der Waals surface area contributed by atoms with Crippen LogP contribution in [0.1, 0.15) is 31.1 Å². The molecule has 1 N–H and O–H groups in total. The largest absolute Gasteiger partial charge is 0.342 e. The highest BCUT2D eigenvalue weighted by Crippen LogP contribution is 2.28. The van der Waals surface area contributed by atoms with Gasteiger partial charge in [-0.2, -0.15) is 4.98 Å². The number of likely N-dealkylation sites (tertiary alicyclic amines) is 1. The minimum Gasteiger partial charge on any atom is -0.342 e. The maximum atomic E-state index is 13.5. The van der Waals surface area contributed by atoms with Crippen LogP contribution >= 0.6 is 11.6 Å². The van der Waals surface area contributed by atoms with Crippen molar-refractivity contribution in [2.75, 3.05) is 19.6 Å². The number of hydrogen-bond acceptors (Lipinski definition) is 6. The van der Waals surface area contributed by atoms with Crippen molar-refractivity contribution >= 4 is 27.5 Å². The molecule has 0 spiro atoms. The zero-order chi connectivity index (χ0) is 23.4. The summed E-state index contributed by atoms with van der Waals surface area (Å²) in [6, 6.07) is 12.0. The summed E-state index contributed by atoms with van der Waals surface area (Å²) >= 11 is 5.96. The van der Waals surface area contributed by atoms with Crippen molar-refractivity contribution in [3.63, 3.8) is 0 Å². The van der Waals surface area contributed by atoms with Crippen LogP contribution in [0.3, 0.4) is 0 Å². The van der Waals surface area contributed by atoms with E-state index in [2.05, 4.69) is 14.9 Å². The van der Waals surface area contributed by atoms with Crippen LogP contribution in [0.2, 0.25) is 5.02 Å². The van der Waals surface area contributed by atoms with Gasteiger partial charge in [-0.25, -0.2) is 17.5 Å². The molecule has 1 amide bonds. The van der Waals surface area contributed by atoms with E-state index in [0.29, 0.717) is 30.4 Å². The number of hydrogen-bond donors (Lipinski definition) is 1. The van der Waals surface area contributed by atoms with Crippen LogP contribution in [0.25, 0.3) is 11.4 Å². The van der Waals surface area contributed by atoms with Gasteiger partial charge in [-0.15, -0.1) is 0 Å². The molecule has 0 saturated carbocycles. The third-order valence-corrected chi connectivity index (χ3v) is 7.37. The van der Waals surface area contributed by atoms with Gasteiger partial charge in [0.2, 0.25) is 27.6 Å². The van der Waals surface area contributed by atoms with Gasteiger partial charge in [0.05, 0.1) is 10.9 Å². The average molecular weight is 493 g/mol. The molecule has 0 aliphatic carbocycles. The van der Waals surface area contributed by atoms with E-state index in [9.17, 15) is 17.6 Å².